The molecule has 6 nitrogen and oxygen atoms in total. The Kier molecular flexibility index (Phi) is 4.88. The van der Waals surface area contributed by atoms with Gasteiger partial charge in [-0.25, -0.2) is 0 Å². The van der Waals surface area contributed by atoms with Crippen molar-refractivity contribution in [3.63, 3.8) is 0 Å². The van der Waals surface area contributed by atoms with Crippen LogP contribution >= 0.6 is 0 Å². The van der Waals surface area contributed by atoms with Crippen molar-refractivity contribution < 1.29 is 14.0 Å². The Bertz CT molecular complexity index is 806. The van der Waals surface area contributed by atoms with Crippen LogP contribution in [0.4, 0.5) is 5.69 Å². The van der Waals surface area contributed by atoms with Gasteiger partial charge in [-0.2, -0.15) is 0 Å². The number of anilines is 1. The van der Waals surface area contributed by atoms with E-state index in [-0.39, 0.29) is 17.2 Å². The lowest BCUT2D eigenvalue weighted by atomic mass is 9.74. The van der Waals surface area contributed by atoms with E-state index in [1.54, 1.807) is 6.26 Å². The van der Waals surface area contributed by atoms with Gasteiger partial charge >= 0.3 is 0 Å². The molecule has 2 amide bonds. The highest BCUT2D eigenvalue weighted by Gasteiger charge is 2.40. The zero-order chi connectivity index (χ0) is 18.7. The third-order valence-electron chi connectivity index (χ3n) is 5.68. The van der Waals surface area contributed by atoms with Gasteiger partial charge in [-0.1, -0.05) is 12.1 Å². The Balaban J connectivity index is 1.48. The zero-order valence-corrected chi connectivity index (χ0v) is 15.4. The average Bonchev–Trinajstić information content (AvgIpc) is 3.22. The molecule has 2 aliphatic heterocycles. The molecule has 2 fully saturated rings. The van der Waals surface area contributed by atoms with Crippen molar-refractivity contribution in [1.82, 2.24) is 10.2 Å². The van der Waals surface area contributed by atoms with Gasteiger partial charge in [-0.05, 0) is 43.5 Å². The van der Waals surface area contributed by atoms with Crippen molar-refractivity contribution in [2.45, 2.75) is 32.2 Å². The summed E-state index contributed by atoms with van der Waals surface area (Å²) in [7, 11) is 0. The molecule has 2 saturated heterocycles. The average molecular weight is 367 g/mol. The molecule has 0 radical (unpaired) electrons. The monoisotopic (exact) mass is 367 g/mol. The fourth-order valence-electron chi connectivity index (χ4n) is 4.16. The van der Waals surface area contributed by atoms with E-state index in [9.17, 15) is 9.59 Å². The van der Waals surface area contributed by atoms with E-state index in [0.717, 1.165) is 37.3 Å². The summed E-state index contributed by atoms with van der Waals surface area (Å²) < 4.78 is 5.36. The Morgan fingerprint density at radius 3 is 2.89 bits per heavy atom. The van der Waals surface area contributed by atoms with Gasteiger partial charge < -0.3 is 20.0 Å². The molecule has 2 aromatic rings. The van der Waals surface area contributed by atoms with E-state index < -0.39 is 0 Å². The summed E-state index contributed by atoms with van der Waals surface area (Å²) in [4.78, 5) is 26.7. The number of nitrogens with one attached hydrogen (secondary N) is 2. The second-order valence-corrected chi connectivity index (χ2v) is 7.59. The van der Waals surface area contributed by atoms with Crippen LogP contribution in [0.3, 0.4) is 0 Å². The molecule has 6 heteroatoms. The Hall–Kier alpha value is -2.76. The number of hydrogen-bond donors (Lipinski definition) is 2. The first-order valence-electron chi connectivity index (χ1n) is 9.57. The standard InChI is InChI=1S/C21H25N3O3/c25-19-8-10-21(14-23-19)9-4-11-24(15-21)20(26)17-6-1-2-7-18(17)22-13-16-5-3-12-27-16/h1-3,5-7,12,22H,4,8-11,13-15H2,(H,23,25). The molecular formula is C21H25N3O3. The second kappa shape index (κ2) is 7.47. The number of furan rings is 1. The summed E-state index contributed by atoms with van der Waals surface area (Å²) >= 11 is 0. The van der Waals surface area contributed by atoms with Gasteiger partial charge in [-0.15, -0.1) is 0 Å². The molecule has 142 valence electrons. The van der Waals surface area contributed by atoms with E-state index in [1.165, 1.54) is 0 Å². The van der Waals surface area contributed by atoms with Crippen LogP contribution in [-0.2, 0) is 11.3 Å². The molecule has 1 unspecified atom stereocenters. The number of benzene rings is 1. The first-order valence-corrected chi connectivity index (χ1v) is 9.57. The van der Waals surface area contributed by atoms with E-state index in [2.05, 4.69) is 10.6 Å². The maximum Gasteiger partial charge on any atom is 0.255 e. The summed E-state index contributed by atoms with van der Waals surface area (Å²) in [5.41, 5.74) is 1.52. The van der Waals surface area contributed by atoms with Crippen molar-refractivity contribution in [3.8, 4) is 0 Å². The SMILES string of the molecule is O=C1CCC2(CCCN(C(=O)c3ccccc3NCc3ccco3)C2)CN1. The van der Waals surface area contributed by atoms with Crippen LogP contribution in [0, 0.1) is 5.41 Å². The Labute approximate surface area is 158 Å². The number of piperidine rings is 2. The van der Waals surface area contributed by atoms with Crippen LogP contribution in [0.2, 0.25) is 0 Å². The van der Waals surface area contributed by atoms with Gasteiger partial charge in [0.15, 0.2) is 0 Å². The molecule has 4 rings (SSSR count). The Morgan fingerprint density at radius 2 is 2.11 bits per heavy atom. The maximum atomic E-state index is 13.2. The van der Waals surface area contributed by atoms with Gasteiger partial charge in [-0.3, -0.25) is 9.59 Å². The van der Waals surface area contributed by atoms with Gasteiger partial charge in [0.1, 0.15) is 5.76 Å². The highest BCUT2D eigenvalue weighted by molar-refractivity contribution is 5.99. The summed E-state index contributed by atoms with van der Waals surface area (Å²) in [6.07, 6.45) is 5.10. The van der Waals surface area contributed by atoms with Gasteiger partial charge in [0.25, 0.3) is 5.91 Å². The van der Waals surface area contributed by atoms with Crippen molar-refractivity contribution in [2.24, 2.45) is 5.41 Å². The van der Waals surface area contributed by atoms with E-state index in [1.807, 2.05) is 41.3 Å². The molecule has 27 heavy (non-hydrogen) atoms. The summed E-state index contributed by atoms with van der Waals surface area (Å²) in [5.74, 6) is 0.997. The van der Waals surface area contributed by atoms with Crippen LogP contribution in [-0.4, -0.2) is 36.3 Å². The quantitative estimate of drug-likeness (QED) is 0.871. The van der Waals surface area contributed by atoms with Crippen molar-refractivity contribution >= 4 is 17.5 Å². The molecular weight excluding hydrogens is 342 g/mol. The lowest BCUT2D eigenvalue weighted by Crippen LogP contribution is -2.53. The fraction of sp³-hybridized carbons (Fsp3) is 0.429. The van der Waals surface area contributed by atoms with Crippen LogP contribution < -0.4 is 10.6 Å². The smallest absolute Gasteiger partial charge is 0.255 e. The minimum absolute atomic E-state index is 0.0262. The molecule has 1 atom stereocenters. The number of carbonyl (C=O) groups excluding carboxylic acids is 2. The largest absolute Gasteiger partial charge is 0.467 e. The number of rotatable bonds is 4. The fourth-order valence-corrected chi connectivity index (χ4v) is 4.16. The number of likely N-dealkylation sites (tertiary alicyclic amines) is 1. The molecule has 2 aliphatic rings. The maximum absolute atomic E-state index is 13.2. The minimum Gasteiger partial charge on any atom is -0.467 e. The lowest BCUT2D eigenvalue weighted by Gasteiger charge is -2.45. The zero-order valence-electron chi connectivity index (χ0n) is 15.4. The van der Waals surface area contributed by atoms with Crippen molar-refractivity contribution in [3.05, 3.63) is 54.0 Å². The van der Waals surface area contributed by atoms with Crippen LogP contribution in [0.1, 0.15) is 41.8 Å². The molecule has 0 bridgehead atoms. The summed E-state index contributed by atoms with van der Waals surface area (Å²) in [6.45, 7) is 2.68. The molecule has 3 heterocycles. The topological polar surface area (TPSA) is 74.6 Å². The third-order valence-corrected chi connectivity index (χ3v) is 5.68. The van der Waals surface area contributed by atoms with Gasteiger partial charge in [0, 0.05) is 37.2 Å². The number of nitrogens with zero attached hydrogens (tertiary/aromatic N) is 1. The molecule has 2 N–H and O–H groups in total. The van der Waals surface area contributed by atoms with Crippen molar-refractivity contribution in [2.75, 3.05) is 25.0 Å². The molecule has 0 saturated carbocycles. The minimum atomic E-state index is 0.0262. The number of amides is 2. The molecule has 1 aromatic carbocycles. The van der Waals surface area contributed by atoms with Crippen LogP contribution in [0.15, 0.2) is 47.1 Å². The molecule has 0 aliphatic carbocycles. The number of carbonyl (C=O) groups is 2. The molecule has 1 aromatic heterocycles. The van der Waals surface area contributed by atoms with Crippen LogP contribution in [0.25, 0.3) is 0 Å². The second-order valence-electron chi connectivity index (χ2n) is 7.59. The number of hydrogen-bond acceptors (Lipinski definition) is 4. The summed E-state index contributed by atoms with van der Waals surface area (Å²) in [6, 6.07) is 11.4. The number of para-hydroxylation sites is 1. The predicted molar refractivity (Wildman–Crippen MR) is 102 cm³/mol. The van der Waals surface area contributed by atoms with E-state index in [0.29, 0.717) is 31.6 Å². The molecule has 1 spiro atoms. The van der Waals surface area contributed by atoms with Gasteiger partial charge in [0.05, 0.1) is 18.4 Å². The van der Waals surface area contributed by atoms with Crippen LogP contribution in [0.5, 0.6) is 0 Å². The lowest BCUT2D eigenvalue weighted by molar-refractivity contribution is -0.125. The van der Waals surface area contributed by atoms with Crippen molar-refractivity contribution in [1.29, 1.82) is 0 Å². The third kappa shape index (κ3) is 3.84. The van der Waals surface area contributed by atoms with Gasteiger partial charge in [0.2, 0.25) is 5.91 Å². The Morgan fingerprint density at radius 1 is 1.22 bits per heavy atom. The summed E-state index contributed by atoms with van der Waals surface area (Å²) in [5, 5.41) is 6.30. The van der Waals surface area contributed by atoms with E-state index >= 15 is 0 Å². The first-order chi connectivity index (χ1) is 13.2. The first kappa shape index (κ1) is 17.6. The highest BCUT2D eigenvalue weighted by atomic mass is 16.3. The predicted octanol–water partition coefficient (Wildman–Crippen LogP) is 3.02. The van der Waals surface area contributed by atoms with E-state index in [4.69, 9.17) is 4.42 Å². The normalized spacial score (nSPS) is 22.5. The highest BCUT2D eigenvalue weighted by Crippen LogP contribution is 2.37.